The Hall–Kier alpha value is -1.85. The second-order valence-corrected chi connectivity index (χ2v) is 5.34. The van der Waals surface area contributed by atoms with Crippen LogP contribution in [0.3, 0.4) is 0 Å². The quantitative estimate of drug-likeness (QED) is 0.340. The van der Waals surface area contributed by atoms with Crippen molar-refractivity contribution >= 4 is 17.2 Å². The lowest BCUT2D eigenvalue weighted by Crippen LogP contribution is -2.15. The molecule has 0 aliphatic carbocycles. The van der Waals surface area contributed by atoms with E-state index in [1.165, 1.54) is 10.4 Å². The SMILES string of the molecule is Cc1cc(/C(N)=N/O)ccc1CNCc1cccs1. The summed E-state index contributed by atoms with van der Waals surface area (Å²) in [6, 6.07) is 9.97. The third-order valence-electron chi connectivity index (χ3n) is 2.94. The van der Waals surface area contributed by atoms with Crippen LogP contribution in [0.5, 0.6) is 0 Å². The third-order valence-corrected chi connectivity index (χ3v) is 3.82. The predicted octanol–water partition coefficient (Wildman–Crippen LogP) is 2.44. The van der Waals surface area contributed by atoms with Gasteiger partial charge < -0.3 is 16.3 Å². The number of rotatable bonds is 5. The van der Waals surface area contributed by atoms with Gasteiger partial charge in [-0.15, -0.1) is 11.3 Å². The minimum Gasteiger partial charge on any atom is -0.409 e. The summed E-state index contributed by atoms with van der Waals surface area (Å²) in [4.78, 5) is 1.32. The zero-order chi connectivity index (χ0) is 13.7. The number of aryl methyl sites for hydroxylation is 1. The van der Waals surface area contributed by atoms with Gasteiger partial charge in [0.15, 0.2) is 5.84 Å². The van der Waals surface area contributed by atoms with Crippen molar-refractivity contribution in [3.63, 3.8) is 0 Å². The van der Waals surface area contributed by atoms with E-state index in [1.54, 1.807) is 11.3 Å². The van der Waals surface area contributed by atoms with Gasteiger partial charge in [-0.3, -0.25) is 0 Å². The van der Waals surface area contributed by atoms with Crippen LogP contribution in [0, 0.1) is 6.92 Å². The van der Waals surface area contributed by atoms with E-state index in [0.717, 1.165) is 24.2 Å². The minimum atomic E-state index is 0.140. The van der Waals surface area contributed by atoms with Crippen LogP contribution < -0.4 is 11.1 Å². The Kier molecular flexibility index (Phi) is 4.54. The van der Waals surface area contributed by atoms with Crippen molar-refractivity contribution in [1.82, 2.24) is 5.32 Å². The van der Waals surface area contributed by atoms with Crippen molar-refractivity contribution < 1.29 is 5.21 Å². The number of nitrogens with two attached hydrogens (primary N) is 1. The van der Waals surface area contributed by atoms with Crippen LogP contribution in [0.1, 0.15) is 21.6 Å². The highest BCUT2D eigenvalue weighted by atomic mass is 32.1. The van der Waals surface area contributed by atoms with Crippen LogP contribution >= 0.6 is 11.3 Å². The molecule has 2 aromatic rings. The summed E-state index contributed by atoms with van der Waals surface area (Å²) in [5, 5.41) is 17.1. The molecule has 0 spiro atoms. The Labute approximate surface area is 116 Å². The zero-order valence-electron chi connectivity index (χ0n) is 10.8. The van der Waals surface area contributed by atoms with Crippen molar-refractivity contribution in [2.75, 3.05) is 0 Å². The summed E-state index contributed by atoms with van der Waals surface area (Å²) in [7, 11) is 0. The second kappa shape index (κ2) is 6.36. The molecule has 1 aromatic heterocycles. The first kappa shape index (κ1) is 13.6. The van der Waals surface area contributed by atoms with E-state index >= 15 is 0 Å². The van der Waals surface area contributed by atoms with Crippen molar-refractivity contribution in [3.05, 3.63) is 57.3 Å². The maximum absolute atomic E-state index is 8.65. The van der Waals surface area contributed by atoms with E-state index in [1.807, 2.05) is 25.1 Å². The number of nitrogens with one attached hydrogen (secondary N) is 1. The van der Waals surface area contributed by atoms with Gasteiger partial charge in [-0.25, -0.2) is 0 Å². The molecule has 0 fully saturated rings. The lowest BCUT2D eigenvalue weighted by molar-refractivity contribution is 0.318. The van der Waals surface area contributed by atoms with Crippen molar-refractivity contribution in [1.29, 1.82) is 0 Å². The molecule has 0 saturated heterocycles. The minimum absolute atomic E-state index is 0.140. The zero-order valence-corrected chi connectivity index (χ0v) is 11.6. The molecule has 0 bridgehead atoms. The number of amidine groups is 1. The molecule has 4 N–H and O–H groups in total. The Balaban J connectivity index is 1.97. The van der Waals surface area contributed by atoms with Crippen molar-refractivity contribution in [2.45, 2.75) is 20.0 Å². The maximum atomic E-state index is 8.65. The van der Waals surface area contributed by atoms with Gasteiger partial charge in [0.25, 0.3) is 0 Å². The Morgan fingerprint density at radius 1 is 1.37 bits per heavy atom. The Morgan fingerprint density at radius 3 is 2.84 bits per heavy atom. The monoisotopic (exact) mass is 275 g/mol. The first-order chi connectivity index (χ1) is 9.20. The molecule has 0 amide bonds. The summed E-state index contributed by atoms with van der Waals surface area (Å²) in [5.74, 6) is 0.140. The van der Waals surface area contributed by atoms with Gasteiger partial charge in [0.1, 0.15) is 0 Å². The number of oxime groups is 1. The Morgan fingerprint density at radius 2 is 2.21 bits per heavy atom. The fourth-order valence-corrected chi connectivity index (χ4v) is 2.52. The van der Waals surface area contributed by atoms with Gasteiger partial charge >= 0.3 is 0 Å². The molecule has 1 aromatic carbocycles. The standard InChI is InChI=1S/C14H17N3OS/c1-10-7-11(14(15)17-18)4-5-12(10)8-16-9-13-3-2-6-19-13/h2-7,16,18H,8-9H2,1H3,(H2,15,17). The first-order valence-electron chi connectivity index (χ1n) is 6.01. The molecule has 19 heavy (non-hydrogen) atoms. The summed E-state index contributed by atoms with van der Waals surface area (Å²) in [6.07, 6.45) is 0. The molecule has 100 valence electrons. The topological polar surface area (TPSA) is 70.6 Å². The predicted molar refractivity (Wildman–Crippen MR) is 78.6 cm³/mol. The van der Waals surface area contributed by atoms with Crippen LogP contribution in [-0.2, 0) is 13.1 Å². The molecule has 0 radical (unpaired) electrons. The van der Waals surface area contributed by atoms with Gasteiger partial charge in [0, 0.05) is 23.5 Å². The van der Waals surface area contributed by atoms with Crippen LogP contribution in [0.4, 0.5) is 0 Å². The molecular weight excluding hydrogens is 258 g/mol. The number of hydrogen-bond donors (Lipinski definition) is 3. The van der Waals surface area contributed by atoms with Crippen LogP contribution in [0.15, 0.2) is 40.9 Å². The van der Waals surface area contributed by atoms with Crippen LogP contribution in [0.25, 0.3) is 0 Å². The van der Waals surface area contributed by atoms with Crippen LogP contribution in [0.2, 0.25) is 0 Å². The van der Waals surface area contributed by atoms with Gasteiger partial charge in [-0.1, -0.05) is 23.4 Å². The average Bonchev–Trinajstić information content (AvgIpc) is 2.93. The Bertz CT molecular complexity index is 564. The van der Waals surface area contributed by atoms with Gasteiger partial charge in [0.2, 0.25) is 0 Å². The molecule has 0 unspecified atom stereocenters. The van der Waals surface area contributed by atoms with Gasteiger partial charge in [-0.05, 0) is 35.6 Å². The largest absolute Gasteiger partial charge is 0.409 e. The van der Waals surface area contributed by atoms with E-state index < -0.39 is 0 Å². The first-order valence-corrected chi connectivity index (χ1v) is 6.89. The molecule has 0 saturated carbocycles. The molecule has 0 aliphatic heterocycles. The number of benzene rings is 1. The highest BCUT2D eigenvalue weighted by Gasteiger charge is 2.03. The van der Waals surface area contributed by atoms with Crippen molar-refractivity contribution in [2.24, 2.45) is 10.9 Å². The highest BCUT2D eigenvalue weighted by Crippen LogP contribution is 2.12. The summed E-state index contributed by atoms with van der Waals surface area (Å²) in [5.41, 5.74) is 8.64. The fraction of sp³-hybridized carbons (Fsp3) is 0.214. The lowest BCUT2D eigenvalue weighted by Gasteiger charge is -2.09. The van der Waals surface area contributed by atoms with E-state index in [-0.39, 0.29) is 5.84 Å². The summed E-state index contributed by atoms with van der Waals surface area (Å²) in [6.45, 7) is 3.70. The maximum Gasteiger partial charge on any atom is 0.170 e. The highest BCUT2D eigenvalue weighted by molar-refractivity contribution is 7.09. The fourth-order valence-electron chi connectivity index (χ4n) is 1.84. The number of nitrogens with zero attached hydrogens (tertiary/aromatic N) is 1. The number of thiophene rings is 1. The average molecular weight is 275 g/mol. The number of hydrogen-bond acceptors (Lipinski definition) is 4. The molecule has 5 heteroatoms. The second-order valence-electron chi connectivity index (χ2n) is 4.31. The van der Waals surface area contributed by atoms with Gasteiger partial charge in [0.05, 0.1) is 0 Å². The van der Waals surface area contributed by atoms with E-state index in [2.05, 4.69) is 28.0 Å². The summed E-state index contributed by atoms with van der Waals surface area (Å²) >= 11 is 1.75. The molecule has 1 heterocycles. The molecule has 0 atom stereocenters. The van der Waals surface area contributed by atoms with E-state index in [4.69, 9.17) is 10.9 Å². The smallest absolute Gasteiger partial charge is 0.170 e. The van der Waals surface area contributed by atoms with Crippen LogP contribution in [-0.4, -0.2) is 11.0 Å². The molecule has 0 aliphatic rings. The van der Waals surface area contributed by atoms with E-state index in [0.29, 0.717) is 0 Å². The van der Waals surface area contributed by atoms with Crippen molar-refractivity contribution in [3.8, 4) is 0 Å². The summed E-state index contributed by atoms with van der Waals surface area (Å²) < 4.78 is 0. The normalized spacial score (nSPS) is 11.7. The van der Waals surface area contributed by atoms with E-state index in [9.17, 15) is 0 Å². The molecule has 4 nitrogen and oxygen atoms in total. The molecular formula is C14H17N3OS. The third kappa shape index (κ3) is 3.56. The molecule has 2 rings (SSSR count). The van der Waals surface area contributed by atoms with Gasteiger partial charge in [-0.2, -0.15) is 0 Å². The lowest BCUT2D eigenvalue weighted by atomic mass is 10.0.